The van der Waals surface area contributed by atoms with Gasteiger partial charge in [0.1, 0.15) is 5.75 Å². The van der Waals surface area contributed by atoms with Gasteiger partial charge < -0.3 is 10.1 Å². The molecule has 4 heteroatoms. The molecule has 0 fully saturated rings. The molecule has 2 nitrogen and oxygen atoms in total. The van der Waals surface area contributed by atoms with Gasteiger partial charge >= 0.3 is 0 Å². The predicted octanol–water partition coefficient (Wildman–Crippen LogP) is 5.63. The maximum absolute atomic E-state index is 6.27. The Morgan fingerprint density at radius 2 is 2.05 bits per heavy atom. The largest absolute Gasteiger partial charge is 0.493 e. The van der Waals surface area contributed by atoms with E-state index in [2.05, 4.69) is 30.4 Å². The summed E-state index contributed by atoms with van der Waals surface area (Å²) in [5.41, 5.74) is 3.27. The second-order valence-electron chi connectivity index (χ2n) is 5.31. The summed E-state index contributed by atoms with van der Waals surface area (Å²) in [5, 5.41) is 4.81. The molecule has 2 aromatic rings. The van der Waals surface area contributed by atoms with Crippen molar-refractivity contribution in [3.8, 4) is 5.75 Å². The lowest BCUT2D eigenvalue weighted by Gasteiger charge is -2.21. The van der Waals surface area contributed by atoms with Gasteiger partial charge in [0.05, 0.1) is 23.4 Å². The summed E-state index contributed by atoms with van der Waals surface area (Å²) >= 11 is 12.2. The molecule has 0 amide bonds. The topological polar surface area (TPSA) is 21.3 Å². The van der Waals surface area contributed by atoms with Crippen LogP contribution in [-0.4, -0.2) is 6.61 Å². The van der Waals surface area contributed by atoms with Crippen molar-refractivity contribution >= 4 is 28.9 Å². The van der Waals surface area contributed by atoms with Crippen molar-refractivity contribution in [2.45, 2.75) is 25.8 Å². The number of aryl methyl sites for hydroxylation is 1. The molecular formula is C17H17Cl2NO. The molecule has 2 aromatic carbocycles. The number of nitrogens with one attached hydrogen (secondary N) is 1. The molecule has 1 unspecified atom stereocenters. The van der Waals surface area contributed by atoms with Gasteiger partial charge in [0.2, 0.25) is 0 Å². The van der Waals surface area contributed by atoms with Gasteiger partial charge in [0, 0.05) is 10.6 Å². The highest BCUT2D eigenvalue weighted by Crippen LogP contribution is 2.37. The number of benzene rings is 2. The zero-order chi connectivity index (χ0) is 14.8. The summed E-state index contributed by atoms with van der Waals surface area (Å²) in [5.74, 6) is 0.998. The van der Waals surface area contributed by atoms with Crippen LogP contribution in [0.5, 0.6) is 5.75 Å². The van der Waals surface area contributed by atoms with Crippen LogP contribution in [0, 0.1) is 6.92 Å². The number of hydrogen-bond acceptors (Lipinski definition) is 2. The van der Waals surface area contributed by atoms with E-state index in [1.165, 1.54) is 11.1 Å². The number of anilines is 1. The number of para-hydroxylation sites is 1. The van der Waals surface area contributed by atoms with Crippen LogP contribution in [0.25, 0.3) is 0 Å². The maximum Gasteiger partial charge on any atom is 0.127 e. The van der Waals surface area contributed by atoms with Crippen molar-refractivity contribution in [1.82, 2.24) is 0 Å². The summed E-state index contributed by atoms with van der Waals surface area (Å²) in [6, 6.07) is 12.0. The van der Waals surface area contributed by atoms with E-state index in [0.29, 0.717) is 10.0 Å². The summed E-state index contributed by atoms with van der Waals surface area (Å²) < 4.78 is 5.90. The van der Waals surface area contributed by atoms with Gasteiger partial charge in [-0.05, 0) is 43.5 Å². The highest BCUT2D eigenvalue weighted by Gasteiger charge is 2.21. The number of fused-ring (bicyclic) bond motifs is 1. The first-order valence-corrected chi connectivity index (χ1v) is 7.84. The van der Waals surface area contributed by atoms with Gasteiger partial charge in [-0.2, -0.15) is 0 Å². The van der Waals surface area contributed by atoms with Gasteiger partial charge in [-0.15, -0.1) is 0 Å². The van der Waals surface area contributed by atoms with Crippen LogP contribution in [0.3, 0.4) is 0 Å². The van der Waals surface area contributed by atoms with Crippen molar-refractivity contribution in [1.29, 1.82) is 0 Å². The molecule has 0 aromatic heterocycles. The molecule has 1 atom stereocenters. The Hall–Kier alpha value is -1.38. The normalized spacial score (nSPS) is 17.6. The fourth-order valence-electron chi connectivity index (χ4n) is 2.71. The van der Waals surface area contributed by atoms with Crippen molar-refractivity contribution < 1.29 is 4.74 Å². The smallest absolute Gasteiger partial charge is 0.127 e. The first-order valence-electron chi connectivity index (χ1n) is 7.09. The van der Waals surface area contributed by atoms with E-state index in [4.69, 9.17) is 27.9 Å². The Bertz CT molecular complexity index is 657. The Morgan fingerprint density at radius 3 is 2.86 bits per heavy atom. The van der Waals surface area contributed by atoms with E-state index in [0.717, 1.165) is 30.9 Å². The van der Waals surface area contributed by atoms with E-state index in [9.17, 15) is 0 Å². The van der Waals surface area contributed by atoms with Crippen LogP contribution in [-0.2, 0) is 0 Å². The third-order valence-corrected chi connectivity index (χ3v) is 4.31. The molecule has 110 valence electrons. The van der Waals surface area contributed by atoms with Crippen LogP contribution in [0.15, 0.2) is 36.4 Å². The van der Waals surface area contributed by atoms with Gasteiger partial charge in [0.25, 0.3) is 0 Å². The SMILES string of the molecule is Cc1cccc2c1OCCCC2Nc1ccc(Cl)cc1Cl. The van der Waals surface area contributed by atoms with E-state index in [1.807, 2.05) is 12.1 Å². The van der Waals surface area contributed by atoms with Crippen molar-refractivity contribution in [3.63, 3.8) is 0 Å². The summed E-state index contributed by atoms with van der Waals surface area (Å²) in [6.07, 6.45) is 2.02. The van der Waals surface area contributed by atoms with E-state index in [1.54, 1.807) is 6.07 Å². The Labute approximate surface area is 135 Å². The van der Waals surface area contributed by atoms with Crippen LogP contribution in [0.4, 0.5) is 5.69 Å². The lowest BCUT2D eigenvalue weighted by Crippen LogP contribution is -2.10. The van der Waals surface area contributed by atoms with Gasteiger partial charge in [-0.25, -0.2) is 0 Å². The monoisotopic (exact) mass is 321 g/mol. The number of hydrogen-bond donors (Lipinski definition) is 1. The Morgan fingerprint density at radius 1 is 1.19 bits per heavy atom. The molecule has 0 bridgehead atoms. The zero-order valence-corrected chi connectivity index (χ0v) is 13.3. The highest BCUT2D eigenvalue weighted by atomic mass is 35.5. The zero-order valence-electron chi connectivity index (χ0n) is 11.8. The predicted molar refractivity (Wildman–Crippen MR) is 88.7 cm³/mol. The lowest BCUT2D eigenvalue weighted by molar-refractivity contribution is 0.314. The first kappa shape index (κ1) is 14.6. The van der Waals surface area contributed by atoms with Crippen LogP contribution in [0.1, 0.15) is 30.0 Å². The second-order valence-corrected chi connectivity index (χ2v) is 6.15. The minimum Gasteiger partial charge on any atom is -0.493 e. The molecule has 1 heterocycles. The van der Waals surface area contributed by atoms with Crippen LogP contribution < -0.4 is 10.1 Å². The fourth-order valence-corrected chi connectivity index (χ4v) is 3.17. The molecule has 21 heavy (non-hydrogen) atoms. The summed E-state index contributed by atoms with van der Waals surface area (Å²) in [4.78, 5) is 0. The third-order valence-electron chi connectivity index (χ3n) is 3.76. The summed E-state index contributed by atoms with van der Waals surface area (Å²) in [7, 11) is 0. The molecule has 3 rings (SSSR count). The number of halogens is 2. The lowest BCUT2D eigenvalue weighted by atomic mass is 9.99. The van der Waals surface area contributed by atoms with Crippen LogP contribution >= 0.6 is 23.2 Å². The van der Waals surface area contributed by atoms with Crippen molar-refractivity contribution in [2.75, 3.05) is 11.9 Å². The Balaban J connectivity index is 1.94. The molecule has 0 saturated carbocycles. The molecule has 0 radical (unpaired) electrons. The average molecular weight is 322 g/mol. The Kier molecular flexibility index (Phi) is 4.27. The molecule has 1 aliphatic rings. The second kappa shape index (κ2) is 6.17. The van der Waals surface area contributed by atoms with Gasteiger partial charge in [-0.3, -0.25) is 0 Å². The number of ether oxygens (including phenoxy) is 1. The van der Waals surface area contributed by atoms with Crippen LogP contribution in [0.2, 0.25) is 10.0 Å². The van der Waals surface area contributed by atoms with E-state index < -0.39 is 0 Å². The first-order chi connectivity index (χ1) is 10.1. The molecular weight excluding hydrogens is 305 g/mol. The molecule has 0 aliphatic carbocycles. The quantitative estimate of drug-likeness (QED) is 0.774. The van der Waals surface area contributed by atoms with Crippen molar-refractivity contribution in [2.24, 2.45) is 0 Å². The fraction of sp³-hybridized carbons (Fsp3) is 0.294. The third kappa shape index (κ3) is 3.12. The maximum atomic E-state index is 6.27. The minimum absolute atomic E-state index is 0.195. The van der Waals surface area contributed by atoms with Gasteiger partial charge in [0.15, 0.2) is 0 Å². The molecule has 1 aliphatic heterocycles. The van der Waals surface area contributed by atoms with E-state index >= 15 is 0 Å². The summed E-state index contributed by atoms with van der Waals surface area (Å²) in [6.45, 7) is 2.83. The van der Waals surface area contributed by atoms with Crippen molar-refractivity contribution in [3.05, 3.63) is 57.6 Å². The van der Waals surface area contributed by atoms with Gasteiger partial charge in [-0.1, -0.05) is 41.4 Å². The average Bonchev–Trinajstić information content (AvgIpc) is 2.66. The molecule has 1 N–H and O–H groups in total. The minimum atomic E-state index is 0.195. The number of rotatable bonds is 2. The molecule has 0 spiro atoms. The molecule has 0 saturated heterocycles. The van der Waals surface area contributed by atoms with E-state index in [-0.39, 0.29) is 6.04 Å². The highest BCUT2D eigenvalue weighted by molar-refractivity contribution is 6.36. The standard InChI is InChI=1S/C17H17Cl2NO/c1-11-4-2-5-13-15(6-3-9-21-17(11)13)20-16-8-7-12(18)10-14(16)19/h2,4-5,7-8,10,15,20H,3,6,9H2,1H3.